The third-order valence-corrected chi connectivity index (χ3v) is 5.72. The van der Waals surface area contributed by atoms with Gasteiger partial charge in [0.25, 0.3) is 0 Å². The molecule has 1 atom stereocenters. The largest absolute Gasteiger partial charge is 2.00 e. The molecule has 171 valence electrons. The Balaban J connectivity index is 0.000000431. The summed E-state index contributed by atoms with van der Waals surface area (Å²) in [5.74, 6) is 0.560. The Bertz CT molecular complexity index is 740. The molecular weight excluding hydrogens is 438 g/mol. The van der Waals surface area contributed by atoms with Crippen LogP contribution in [0.15, 0.2) is 77.4 Å². The van der Waals surface area contributed by atoms with Gasteiger partial charge in [-0.2, -0.15) is 11.1 Å². The molecule has 2 aromatic rings. The Morgan fingerprint density at radius 1 is 0.781 bits per heavy atom. The second-order valence-corrected chi connectivity index (χ2v) is 9.60. The molecule has 3 heteroatoms. The van der Waals surface area contributed by atoms with Crippen molar-refractivity contribution in [1.82, 2.24) is 0 Å². The molecule has 0 aromatic heterocycles. The van der Waals surface area contributed by atoms with E-state index in [4.69, 9.17) is 5.73 Å². The van der Waals surface area contributed by atoms with Gasteiger partial charge in [-0.3, -0.25) is 6.08 Å². The van der Waals surface area contributed by atoms with E-state index < -0.39 is 0 Å². The average molecular weight is 481 g/mol. The van der Waals surface area contributed by atoms with Gasteiger partial charge in [0, 0.05) is 9.52 Å². The number of benzene rings is 2. The molecule has 2 aliphatic rings. The van der Waals surface area contributed by atoms with Gasteiger partial charge >= 0.3 is 21.7 Å². The van der Waals surface area contributed by atoms with Crippen LogP contribution in [0.3, 0.4) is 0 Å². The van der Waals surface area contributed by atoms with E-state index in [1.54, 1.807) is 0 Å². The summed E-state index contributed by atoms with van der Waals surface area (Å²) in [6.45, 7) is 13.1. The molecule has 0 aliphatic heterocycles. The van der Waals surface area contributed by atoms with Crippen LogP contribution in [-0.2, 0) is 21.7 Å². The van der Waals surface area contributed by atoms with E-state index >= 15 is 0 Å². The summed E-state index contributed by atoms with van der Waals surface area (Å²) in [5, 5.41) is 0. The van der Waals surface area contributed by atoms with Crippen molar-refractivity contribution in [2.45, 2.75) is 78.9 Å². The molecule has 32 heavy (non-hydrogen) atoms. The summed E-state index contributed by atoms with van der Waals surface area (Å²) in [4.78, 5) is 0. The van der Waals surface area contributed by atoms with E-state index in [2.05, 4.69) is 95.4 Å². The van der Waals surface area contributed by atoms with Crippen molar-refractivity contribution < 1.29 is 21.7 Å². The summed E-state index contributed by atoms with van der Waals surface area (Å²) in [5.41, 5.74) is 14.1. The smallest absolute Gasteiger partial charge is 0.675 e. The van der Waals surface area contributed by atoms with Crippen molar-refractivity contribution in [2.24, 2.45) is 5.92 Å². The first kappa shape index (κ1) is 30.8. The number of hydrogen-bond donors (Lipinski definition) is 0. The first-order valence-electron chi connectivity index (χ1n) is 11.7. The van der Waals surface area contributed by atoms with Gasteiger partial charge in [-0.25, -0.2) is 5.57 Å². The molecule has 1 radical (unpaired) electrons. The molecule has 0 bridgehead atoms. The zero-order valence-corrected chi connectivity index (χ0v) is 23.8. The monoisotopic (exact) mass is 480 g/mol. The Morgan fingerprint density at radius 2 is 1.19 bits per heavy atom. The van der Waals surface area contributed by atoms with Crippen LogP contribution in [0.1, 0.15) is 59.8 Å². The van der Waals surface area contributed by atoms with Gasteiger partial charge in [-0.05, 0) is 11.1 Å². The van der Waals surface area contributed by atoms with Crippen molar-refractivity contribution in [3.8, 4) is 11.1 Å². The normalized spacial score (nSPS) is 17.3. The molecule has 1 saturated carbocycles. The maximum Gasteiger partial charge on any atom is 2.00 e. The van der Waals surface area contributed by atoms with Crippen LogP contribution in [0.25, 0.3) is 16.9 Å². The summed E-state index contributed by atoms with van der Waals surface area (Å²) in [6, 6.07) is 21.1. The van der Waals surface area contributed by atoms with Crippen LogP contribution >= 0.6 is 0 Å². The maximum absolute atomic E-state index is 7.27. The van der Waals surface area contributed by atoms with E-state index in [1.807, 2.05) is 12.1 Å². The van der Waals surface area contributed by atoms with Crippen molar-refractivity contribution in [1.29, 1.82) is 0 Å². The van der Waals surface area contributed by atoms with Crippen molar-refractivity contribution in [3.63, 3.8) is 0 Å². The van der Waals surface area contributed by atoms with E-state index in [0.29, 0.717) is 5.92 Å². The van der Waals surface area contributed by atoms with Gasteiger partial charge in [0.1, 0.15) is 0 Å². The Morgan fingerprint density at radius 3 is 1.41 bits per heavy atom. The molecule has 4 rings (SSSR count). The zero-order valence-electron chi connectivity index (χ0n) is 21.0. The first-order chi connectivity index (χ1) is 14.9. The summed E-state index contributed by atoms with van der Waals surface area (Å²) >= 11 is 0. The number of rotatable bonds is 1. The second kappa shape index (κ2) is 18.3. The third kappa shape index (κ3) is 12.2. The number of hydrogen-bond acceptors (Lipinski definition) is 0. The summed E-state index contributed by atoms with van der Waals surface area (Å²) in [6.07, 6.45) is 9.63. The minimum atomic E-state index is 0. The maximum atomic E-state index is 7.27. The van der Waals surface area contributed by atoms with Gasteiger partial charge < -0.3 is 5.73 Å². The fourth-order valence-corrected chi connectivity index (χ4v) is 3.53. The van der Waals surface area contributed by atoms with Crippen molar-refractivity contribution in [2.75, 3.05) is 0 Å². The summed E-state index contributed by atoms with van der Waals surface area (Å²) in [7, 11) is 0.750. The molecule has 1 unspecified atom stereocenters. The quantitative estimate of drug-likeness (QED) is 0.287. The van der Waals surface area contributed by atoms with Crippen molar-refractivity contribution >= 4 is 9.52 Å². The predicted molar refractivity (Wildman–Crippen MR) is 142 cm³/mol. The minimum Gasteiger partial charge on any atom is -0.675 e. The average Bonchev–Trinajstić information content (AvgIpc) is 3.02. The molecule has 1 fully saturated rings. The SMILES string of the molecule is CC1=[C-]C(C)C(C)=C1C.C[SiH]C.[NH-]C1CCCCC1.[Ti+2].c1ccc(-c2ccccc2)cc1. The van der Waals surface area contributed by atoms with Crippen LogP contribution in [0.5, 0.6) is 0 Å². The van der Waals surface area contributed by atoms with Gasteiger partial charge in [0.2, 0.25) is 0 Å². The molecule has 0 heterocycles. The molecule has 1 N–H and O–H groups in total. The molecular formula is C29H42NSiTi. The molecule has 0 spiro atoms. The van der Waals surface area contributed by atoms with E-state index in [9.17, 15) is 0 Å². The van der Waals surface area contributed by atoms with E-state index in [0.717, 1.165) is 22.4 Å². The topological polar surface area (TPSA) is 23.8 Å². The predicted octanol–water partition coefficient (Wildman–Crippen LogP) is 8.96. The number of nitrogens with one attached hydrogen (secondary N) is 1. The fourth-order valence-electron chi connectivity index (χ4n) is 3.53. The second-order valence-electron chi connectivity index (χ2n) is 8.44. The third-order valence-electron chi connectivity index (χ3n) is 5.72. The van der Waals surface area contributed by atoms with Gasteiger partial charge in [-0.15, -0.1) is 13.0 Å². The van der Waals surface area contributed by atoms with Crippen LogP contribution in [0.2, 0.25) is 13.1 Å². The minimum absolute atomic E-state index is 0. The molecule has 2 aliphatic carbocycles. The first-order valence-corrected chi connectivity index (χ1v) is 14.0. The molecule has 1 nitrogen and oxygen atoms in total. The van der Waals surface area contributed by atoms with Crippen LogP contribution in [0.4, 0.5) is 0 Å². The van der Waals surface area contributed by atoms with E-state index in [-0.39, 0.29) is 27.8 Å². The Kier molecular flexibility index (Phi) is 17.6. The molecule has 0 amide bonds. The van der Waals surface area contributed by atoms with Crippen LogP contribution in [-0.4, -0.2) is 15.6 Å². The van der Waals surface area contributed by atoms with Crippen LogP contribution < -0.4 is 0 Å². The standard InChI is InChI=1S/C12H10.C9H13.C6H12N.C2H7Si.Ti/c1-3-7-11(8-4-1)12-9-5-2-6-10-12;1-6-5-7(2)9(4)8(6)3;7-6-4-2-1-3-5-6;1-3-2;/h1-10H;6H,1-4H3;6-7H,1-5H2;3H,1-2H3;/q;2*-1;;+2. The van der Waals surface area contributed by atoms with Crippen LogP contribution in [0, 0.1) is 12.0 Å². The number of allylic oxidation sites excluding steroid dienone is 4. The van der Waals surface area contributed by atoms with E-state index in [1.165, 1.54) is 47.1 Å². The molecule has 0 saturated heterocycles. The van der Waals surface area contributed by atoms with Gasteiger partial charge in [0.05, 0.1) is 0 Å². The van der Waals surface area contributed by atoms with Gasteiger partial charge in [0.15, 0.2) is 0 Å². The Labute approximate surface area is 215 Å². The summed E-state index contributed by atoms with van der Waals surface area (Å²) < 4.78 is 0. The Hall–Kier alpha value is -1.19. The van der Waals surface area contributed by atoms with Gasteiger partial charge in [-0.1, -0.05) is 133 Å². The fraction of sp³-hybridized carbons (Fsp3) is 0.448. The molecule has 2 aromatic carbocycles. The zero-order chi connectivity index (χ0) is 23.1. The van der Waals surface area contributed by atoms with Crippen molar-refractivity contribution in [3.05, 3.63) is 89.2 Å².